The van der Waals surface area contributed by atoms with Crippen LogP contribution in [-0.4, -0.2) is 38.9 Å². The van der Waals surface area contributed by atoms with Crippen molar-refractivity contribution in [3.05, 3.63) is 29.8 Å². The van der Waals surface area contributed by atoms with E-state index in [2.05, 4.69) is 16.7 Å². The maximum atomic E-state index is 11.7. The quantitative estimate of drug-likeness (QED) is 0.749. The van der Waals surface area contributed by atoms with Crippen molar-refractivity contribution in [3.63, 3.8) is 0 Å². The Kier molecular flexibility index (Phi) is 5.24. The molecule has 1 aliphatic carbocycles. The minimum Gasteiger partial charge on any atom is -0.496 e. The molecule has 0 saturated heterocycles. The summed E-state index contributed by atoms with van der Waals surface area (Å²) in [6.45, 7) is 3.68. The van der Waals surface area contributed by atoms with Gasteiger partial charge in [0, 0.05) is 25.1 Å². The first-order chi connectivity index (χ1) is 9.76. The highest BCUT2D eigenvalue weighted by atomic mass is 16.5. The summed E-state index contributed by atoms with van der Waals surface area (Å²) in [6.07, 6.45) is 0.958. The summed E-state index contributed by atoms with van der Waals surface area (Å²) in [4.78, 5) is 11.7. The Labute approximate surface area is 119 Å². The van der Waals surface area contributed by atoms with Gasteiger partial charge in [0.15, 0.2) is 0 Å². The van der Waals surface area contributed by atoms with Gasteiger partial charge in [-0.05, 0) is 25.0 Å². The monoisotopic (exact) mass is 278 g/mol. The van der Waals surface area contributed by atoms with Crippen molar-refractivity contribution in [3.8, 4) is 5.75 Å². The number of para-hydroxylation sites is 1. The van der Waals surface area contributed by atoms with Crippen molar-refractivity contribution in [2.24, 2.45) is 0 Å². The van der Waals surface area contributed by atoms with Crippen LogP contribution in [0, 0.1) is 0 Å². The lowest BCUT2D eigenvalue weighted by Crippen LogP contribution is -2.38. The van der Waals surface area contributed by atoms with E-state index in [1.54, 1.807) is 7.11 Å². The second-order valence-electron chi connectivity index (χ2n) is 4.79. The molecule has 0 aliphatic heterocycles. The lowest BCUT2D eigenvalue weighted by atomic mass is 10.1. The third-order valence-corrected chi connectivity index (χ3v) is 3.38. The van der Waals surface area contributed by atoms with Gasteiger partial charge in [-0.25, -0.2) is 4.79 Å². The minimum atomic E-state index is -0.132. The number of carbonyl (C=O) groups is 1. The maximum absolute atomic E-state index is 11.7. The van der Waals surface area contributed by atoms with Crippen LogP contribution >= 0.6 is 0 Å². The molecule has 1 aromatic rings. The number of benzene rings is 1. The van der Waals surface area contributed by atoms with Gasteiger partial charge in [-0.3, -0.25) is 0 Å². The predicted octanol–water partition coefficient (Wildman–Crippen LogP) is 1.89. The summed E-state index contributed by atoms with van der Waals surface area (Å²) in [5.41, 5.74) is 1.16. The first kappa shape index (κ1) is 14.7. The van der Waals surface area contributed by atoms with E-state index in [0.29, 0.717) is 25.7 Å². The second-order valence-corrected chi connectivity index (χ2v) is 4.79. The standard InChI is InChI=1S/C15H22N2O3/c1-3-20-9-8-16-15(18)17-13-10-12(13)11-6-4-5-7-14(11)19-2/h4-7,12-13H,3,8-10H2,1-2H3,(H2,16,17,18)/t12-,13-/m1/s1. The fourth-order valence-electron chi connectivity index (χ4n) is 2.27. The van der Waals surface area contributed by atoms with Crippen molar-refractivity contribution in [1.29, 1.82) is 0 Å². The molecule has 0 spiro atoms. The van der Waals surface area contributed by atoms with Gasteiger partial charge in [0.25, 0.3) is 0 Å². The third kappa shape index (κ3) is 3.87. The van der Waals surface area contributed by atoms with Crippen LogP contribution in [0.5, 0.6) is 5.75 Å². The van der Waals surface area contributed by atoms with Gasteiger partial charge in [0.1, 0.15) is 5.75 Å². The molecule has 0 radical (unpaired) electrons. The summed E-state index contributed by atoms with van der Waals surface area (Å²) in [5.74, 6) is 1.24. The van der Waals surface area contributed by atoms with E-state index in [1.807, 2.05) is 25.1 Å². The number of hydrogen-bond donors (Lipinski definition) is 2. The summed E-state index contributed by atoms with van der Waals surface area (Å²) >= 11 is 0. The molecule has 0 unspecified atom stereocenters. The van der Waals surface area contributed by atoms with Gasteiger partial charge in [0.05, 0.1) is 13.7 Å². The van der Waals surface area contributed by atoms with E-state index in [-0.39, 0.29) is 12.1 Å². The summed E-state index contributed by atoms with van der Waals surface area (Å²) in [6, 6.07) is 8.01. The van der Waals surface area contributed by atoms with Crippen molar-refractivity contribution >= 4 is 6.03 Å². The maximum Gasteiger partial charge on any atom is 0.315 e. The molecular weight excluding hydrogens is 256 g/mol. The number of nitrogens with one attached hydrogen (secondary N) is 2. The highest BCUT2D eigenvalue weighted by molar-refractivity contribution is 5.75. The van der Waals surface area contributed by atoms with Crippen molar-refractivity contribution in [2.75, 3.05) is 26.9 Å². The highest BCUT2D eigenvalue weighted by Gasteiger charge is 2.41. The Balaban J connectivity index is 1.76. The minimum absolute atomic E-state index is 0.132. The lowest BCUT2D eigenvalue weighted by molar-refractivity contribution is 0.149. The molecule has 110 valence electrons. The largest absolute Gasteiger partial charge is 0.496 e. The molecule has 2 rings (SSSR count). The average molecular weight is 278 g/mol. The molecule has 5 nitrogen and oxygen atoms in total. The number of hydrogen-bond acceptors (Lipinski definition) is 3. The Morgan fingerprint density at radius 3 is 2.95 bits per heavy atom. The number of carbonyl (C=O) groups excluding carboxylic acids is 1. The van der Waals surface area contributed by atoms with Crippen LogP contribution in [0.4, 0.5) is 4.79 Å². The molecule has 1 fully saturated rings. The molecule has 5 heteroatoms. The Hall–Kier alpha value is -1.75. The van der Waals surface area contributed by atoms with E-state index in [1.165, 1.54) is 0 Å². The number of rotatable bonds is 7. The van der Waals surface area contributed by atoms with E-state index in [9.17, 15) is 4.79 Å². The SMILES string of the molecule is CCOCCNC(=O)N[C@@H]1C[C@@H]1c1ccccc1OC. The number of methoxy groups -OCH3 is 1. The zero-order valence-electron chi connectivity index (χ0n) is 12.0. The molecule has 0 heterocycles. The smallest absolute Gasteiger partial charge is 0.315 e. The molecule has 20 heavy (non-hydrogen) atoms. The summed E-state index contributed by atoms with van der Waals surface area (Å²) in [5, 5.41) is 5.75. The van der Waals surface area contributed by atoms with Gasteiger partial charge in [-0.1, -0.05) is 18.2 Å². The normalized spacial score (nSPS) is 20.3. The Morgan fingerprint density at radius 1 is 1.40 bits per heavy atom. The number of amides is 2. The van der Waals surface area contributed by atoms with Crippen LogP contribution in [0.15, 0.2) is 24.3 Å². The number of urea groups is 1. The van der Waals surface area contributed by atoms with E-state index < -0.39 is 0 Å². The molecule has 2 atom stereocenters. The predicted molar refractivity (Wildman–Crippen MR) is 77.2 cm³/mol. The van der Waals surface area contributed by atoms with Gasteiger partial charge in [-0.15, -0.1) is 0 Å². The van der Waals surface area contributed by atoms with E-state index >= 15 is 0 Å². The van der Waals surface area contributed by atoms with Crippen LogP contribution in [0.1, 0.15) is 24.8 Å². The van der Waals surface area contributed by atoms with Crippen molar-refractivity contribution < 1.29 is 14.3 Å². The van der Waals surface area contributed by atoms with Crippen LogP contribution in [0.25, 0.3) is 0 Å². The number of ether oxygens (including phenoxy) is 2. The first-order valence-corrected chi connectivity index (χ1v) is 7.01. The molecule has 2 N–H and O–H groups in total. The molecule has 2 amide bonds. The van der Waals surface area contributed by atoms with Gasteiger partial charge in [-0.2, -0.15) is 0 Å². The Bertz CT molecular complexity index is 450. The molecule has 0 aromatic heterocycles. The van der Waals surface area contributed by atoms with Crippen LogP contribution in [0.2, 0.25) is 0 Å². The van der Waals surface area contributed by atoms with Crippen LogP contribution < -0.4 is 15.4 Å². The van der Waals surface area contributed by atoms with Gasteiger partial charge >= 0.3 is 6.03 Å². The molecular formula is C15H22N2O3. The van der Waals surface area contributed by atoms with E-state index in [4.69, 9.17) is 9.47 Å². The molecule has 1 aromatic carbocycles. The molecule has 1 saturated carbocycles. The Morgan fingerprint density at radius 2 is 2.20 bits per heavy atom. The third-order valence-electron chi connectivity index (χ3n) is 3.38. The van der Waals surface area contributed by atoms with Gasteiger partial charge in [0.2, 0.25) is 0 Å². The highest BCUT2D eigenvalue weighted by Crippen LogP contribution is 2.44. The first-order valence-electron chi connectivity index (χ1n) is 7.01. The van der Waals surface area contributed by atoms with Crippen LogP contribution in [-0.2, 0) is 4.74 Å². The second kappa shape index (κ2) is 7.14. The fraction of sp³-hybridized carbons (Fsp3) is 0.533. The zero-order valence-corrected chi connectivity index (χ0v) is 12.0. The molecule has 1 aliphatic rings. The lowest BCUT2D eigenvalue weighted by Gasteiger charge is -2.09. The van der Waals surface area contributed by atoms with Crippen molar-refractivity contribution in [2.45, 2.75) is 25.3 Å². The molecule has 0 bridgehead atoms. The van der Waals surface area contributed by atoms with Gasteiger partial charge < -0.3 is 20.1 Å². The van der Waals surface area contributed by atoms with Crippen molar-refractivity contribution in [1.82, 2.24) is 10.6 Å². The average Bonchev–Trinajstić information content (AvgIpc) is 3.22. The topological polar surface area (TPSA) is 59.6 Å². The summed E-state index contributed by atoms with van der Waals surface area (Å²) in [7, 11) is 1.67. The summed E-state index contributed by atoms with van der Waals surface area (Å²) < 4.78 is 10.5. The fourth-order valence-corrected chi connectivity index (χ4v) is 2.27. The van der Waals surface area contributed by atoms with E-state index in [0.717, 1.165) is 17.7 Å². The van der Waals surface area contributed by atoms with Crippen LogP contribution in [0.3, 0.4) is 0 Å². The zero-order chi connectivity index (χ0) is 14.4.